The van der Waals surface area contributed by atoms with E-state index in [0.29, 0.717) is 17.6 Å². The standard InChI is InChI=1S/C12H14N2O3S/c1-14(11(15)7-18)5-4-8-2-3-10-9(6-8)13-12(16)17-10/h2-3,6,18H,4-5,7H2,1H3,(H,13,16). The zero-order chi connectivity index (χ0) is 13.1. The Morgan fingerprint density at radius 1 is 1.50 bits per heavy atom. The summed E-state index contributed by atoms with van der Waals surface area (Å²) in [5.74, 6) is -0.245. The van der Waals surface area contributed by atoms with Gasteiger partial charge < -0.3 is 9.32 Å². The molecule has 2 rings (SSSR count). The van der Waals surface area contributed by atoms with Gasteiger partial charge in [-0.3, -0.25) is 9.78 Å². The lowest BCUT2D eigenvalue weighted by Gasteiger charge is -2.15. The maximum atomic E-state index is 11.3. The molecule has 1 aromatic carbocycles. The molecule has 0 spiro atoms. The first-order valence-corrected chi connectivity index (χ1v) is 6.20. The molecule has 1 amide bonds. The Hall–Kier alpha value is -1.69. The van der Waals surface area contributed by atoms with Crippen LogP contribution in [0.1, 0.15) is 5.56 Å². The van der Waals surface area contributed by atoms with Crippen LogP contribution in [0.15, 0.2) is 27.4 Å². The van der Waals surface area contributed by atoms with Crippen LogP contribution in [0.4, 0.5) is 0 Å². The quantitative estimate of drug-likeness (QED) is 0.813. The van der Waals surface area contributed by atoms with Gasteiger partial charge in [0.2, 0.25) is 5.91 Å². The van der Waals surface area contributed by atoms with Crippen LogP contribution < -0.4 is 5.76 Å². The van der Waals surface area contributed by atoms with Crippen LogP contribution in [-0.4, -0.2) is 35.1 Å². The second-order valence-electron chi connectivity index (χ2n) is 4.07. The molecule has 5 nitrogen and oxygen atoms in total. The van der Waals surface area contributed by atoms with Gasteiger partial charge in [0, 0.05) is 13.6 Å². The summed E-state index contributed by atoms with van der Waals surface area (Å²) in [6.07, 6.45) is 0.721. The molecular weight excluding hydrogens is 252 g/mol. The van der Waals surface area contributed by atoms with Crippen molar-refractivity contribution in [1.29, 1.82) is 0 Å². The van der Waals surface area contributed by atoms with E-state index in [9.17, 15) is 9.59 Å². The highest BCUT2D eigenvalue weighted by molar-refractivity contribution is 7.81. The lowest BCUT2D eigenvalue weighted by Crippen LogP contribution is -2.29. The molecule has 0 saturated heterocycles. The number of oxazole rings is 1. The fourth-order valence-corrected chi connectivity index (χ4v) is 1.94. The molecule has 1 heterocycles. The van der Waals surface area contributed by atoms with Crippen molar-refractivity contribution in [2.45, 2.75) is 6.42 Å². The summed E-state index contributed by atoms with van der Waals surface area (Å²) in [6.45, 7) is 0.618. The Balaban J connectivity index is 2.08. The maximum Gasteiger partial charge on any atom is 0.417 e. The summed E-state index contributed by atoms with van der Waals surface area (Å²) in [5.41, 5.74) is 2.27. The molecule has 6 heteroatoms. The Morgan fingerprint density at radius 3 is 3.00 bits per heavy atom. The van der Waals surface area contributed by atoms with Crippen LogP contribution in [0.3, 0.4) is 0 Å². The van der Waals surface area contributed by atoms with E-state index in [0.717, 1.165) is 12.0 Å². The fraction of sp³-hybridized carbons (Fsp3) is 0.333. The number of carbonyl (C=O) groups excluding carboxylic acids is 1. The largest absolute Gasteiger partial charge is 0.417 e. The molecule has 0 aliphatic rings. The monoisotopic (exact) mass is 266 g/mol. The van der Waals surface area contributed by atoms with Gasteiger partial charge in [-0.1, -0.05) is 6.07 Å². The van der Waals surface area contributed by atoms with Gasteiger partial charge in [-0.05, 0) is 24.1 Å². The van der Waals surface area contributed by atoms with Crippen molar-refractivity contribution >= 4 is 29.6 Å². The number of aromatic nitrogens is 1. The van der Waals surface area contributed by atoms with Crippen molar-refractivity contribution in [1.82, 2.24) is 9.88 Å². The molecule has 0 atom stereocenters. The topological polar surface area (TPSA) is 66.3 Å². The van der Waals surface area contributed by atoms with E-state index in [1.165, 1.54) is 0 Å². The SMILES string of the molecule is CN(CCc1ccc2oc(=O)[nH]c2c1)C(=O)CS. The number of aromatic amines is 1. The first kappa shape index (κ1) is 12.8. The minimum Gasteiger partial charge on any atom is -0.408 e. The number of amides is 1. The zero-order valence-corrected chi connectivity index (χ0v) is 10.9. The first-order valence-electron chi connectivity index (χ1n) is 5.56. The molecule has 2 aromatic rings. The van der Waals surface area contributed by atoms with Crippen molar-refractivity contribution in [2.75, 3.05) is 19.3 Å². The van der Waals surface area contributed by atoms with Crippen LogP contribution in [0, 0.1) is 0 Å². The minimum absolute atomic E-state index is 0.00358. The number of fused-ring (bicyclic) bond motifs is 1. The van der Waals surface area contributed by atoms with E-state index in [4.69, 9.17) is 4.42 Å². The number of nitrogens with one attached hydrogen (secondary N) is 1. The zero-order valence-electron chi connectivity index (χ0n) is 9.97. The molecule has 0 aliphatic carbocycles. The van der Waals surface area contributed by atoms with E-state index in [2.05, 4.69) is 17.6 Å². The third-order valence-corrected chi connectivity index (χ3v) is 3.05. The summed E-state index contributed by atoms with van der Waals surface area (Å²) in [6, 6.07) is 5.50. The molecule has 18 heavy (non-hydrogen) atoms. The van der Waals surface area contributed by atoms with Gasteiger partial charge in [0.15, 0.2) is 5.58 Å². The molecule has 1 aromatic heterocycles. The predicted octanol–water partition coefficient (Wildman–Crippen LogP) is 1.05. The van der Waals surface area contributed by atoms with Crippen molar-refractivity contribution in [3.8, 4) is 0 Å². The Bertz CT molecular complexity index is 617. The van der Waals surface area contributed by atoms with E-state index in [1.807, 2.05) is 12.1 Å². The molecule has 0 saturated carbocycles. The molecule has 96 valence electrons. The lowest BCUT2D eigenvalue weighted by atomic mass is 10.1. The summed E-state index contributed by atoms with van der Waals surface area (Å²) in [7, 11) is 1.75. The highest BCUT2D eigenvalue weighted by atomic mass is 32.1. The van der Waals surface area contributed by atoms with Crippen LogP contribution in [0.2, 0.25) is 0 Å². The predicted molar refractivity (Wildman–Crippen MR) is 72.0 cm³/mol. The van der Waals surface area contributed by atoms with Crippen LogP contribution in [0.25, 0.3) is 11.1 Å². The minimum atomic E-state index is -0.454. The van der Waals surface area contributed by atoms with E-state index < -0.39 is 5.76 Å². The lowest BCUT2D eigenvalue weighted by molar-refractivity contribution is -0.127. The van der Waals surface area contributed by atoms with Crippen molar-refractivity contribution in [2.24, 2.45) is 0 Å². The van der Waals surface area contributed by atoms with Gasteiger partial charge in [-0.25, -0.2) is 4.79 Å². The van der Waals surface area contributed by atoms with Gasteiger partial charge in [0.25, 0.3) is 0 Å². The fourth-order valence-electron chi connectivity index (χ4n) is 1.70. The number of hydrogen-bond acceptors (Lipinski definition) is 4. The summed E-state index contributed by atoms with van der Waals surface area (Å²) in [4.78, 5) is 26.6. The number of thiol groups is 1. The number of likely N-dealkylation sites (N-methyl/N-ethyl adjacent to an activating group) is 1. The number of hydrogen-bond donors (Lipinski definition) is 2. The third kappa shape index (κ3) is 2.76. The van der Waals surface area contributed by atoms with Gasteiger partial charge >= 0.3 is 5.76 Å². The summed E-state index contributed by atoms with van der Waals surface area (Å²) in [5, 5.41) is 0. The average Bonchev–Trinajstić information content (AvgIpc) is 2.74. The van der Waals surface area contributed by atoms with Gasteiger partial charge in [-0.2, -0.15) is 12.6 Å². The van der Waals surface area contributed by atoms with Gasteiger partial charge in [0.05, 0.1) is 11.3 Å². The molecule has 0 radical (unpaired) electrons. The number of H-pyrrole nitrogens is 1. The van der Waals surface area contributed by atoms with Crippen molar-refractivity contribution in [3.05, 3.63) is 34.3 Å². The number of carbonyl (C=O) groups is 1. The maximum absolute atomic E-state index is 11.3. The number of nitrogens with zero attached hydrogens (tertiary/aromatic N) is 1. The second-order valence-corrected chi connectivity index (χ2v) is 4.38. The normalized spacial score (nSPS) is 10.8. The summed E-state index contributed by atoms with van der Waals surface area (Å²) < 4.78 is 4.92. The third-order valence-electron chi connectivity index (χ3n) is 2.78. The molecule has 0 fully saturated rings. The Labute approximate surface area is 109 Å². The summed E-state index contributed by atoms with van der Waals surface area (Å²) >= 11 is 3.94. The van der Waals surface area contributed by atoms with E-state index >= 15 is 0 Å². The number of rotatable bonds is 4. The van der Waals surface area contributed by atoms with E-state index in [-0.39, 0.29) is 11.7 Å². The molecule has 1 N–H and O–H groups in total. The Kier molecular flexibility index (Phi) is 3.76. The van der Waals surface area contributed by atoms with Crippen molar-refractivity contribution in [3.63, 3.8) is 0 Å². The average molecular weight is 266 g/mol. The highest BCUT2D eigenvalue weighted by Gasteiger charge is 2.07. The van der Waals surface area contributed by atoms with E-state index in [1.54, 1.807) is 18.0 Å². The molecule has 0 unspecified atom stereocenters. The van der Waals surface area contributed by atoms with Crippen LogP contribution in [0.5, 0.6) is 0 Å². The second kappa shape index (κ2) is 5.30. The molecular formula is C12H14N2O3S. The smallest absolute Gasteiger partial charge is 0.408 e. The van der Waals surface area contributed by atoms with Crippen molar-refractivity contribution < 1.29 is 9.21 Å². The number of benzene rings is 1. The Morgan fingerprint density at radius 2 is 2.28 bits per heavy atom. The first-order chi connectivity index (χ1) is 8.60. The van der Waals surface area contributed by atoms with Gasteiger partial charge in [-0.15, -0.1) is 0 Å². The van der Waals surface area contributed by atoms with Crippen LogP contribution in [-0.2, 0) is 11.2 Å². The molecule has 0 bridgehead atoms. The highest BCUT2D eigenvalue weighted by Crippen LogP contribution is 2.12. The van der Waals surface area contributed by atoms with Crippen LogP contribution >= 0.6 is 12.6 Å². The molecule has 0 aliphatic heterocycles. The van der Waals surface area contributed by atoms with Gasteiger partial charge in [0.1, 0.15) is 0 Å².